The quantitative estimate of drug-likeness (QED) is 0.481. The smallest absolute Gasteiger partial charge is 0.453 e. The Morgan fingerprint density at radius 2 is 1.83 bits per heavy atom. The summed E-state index contributed by atoms with van der Waals surface area (Å²) >= 11 is 0. The number of alkyl halides is 3. The zero-order valence-corrected chi connectivity index (χ0v) is 15.9. The van der Waals surface area contributed by atoms with Gasteiger partial charge in [-0.1, -0.05) is 24.3 Å². The van der Waals surface area contributed by atoms with Gasteiger partial charge in [-0.2, -0.15) is 0 Å². The molecule has 158 valence electrons. The van der Waals surface area contributed by atoms with Crippen LogP contribution in [0.4, 0.5) is 23.7 Å². The van der Waals surface area contributed by atoms with E-state index in [0.29, 0.717) is 11.3 Å². The molecule has 10 heteroatoms. The van der Waals surface area contributed by atoms with Gasteiger partial charge in [-0.3, -0.25) is 5.41 Å². The van der Waals surface area contributed by atoms with Crippen LogP contribution in [0.3, 0.4) is 0 Å². The monoisotopic (exact) mass is 420 g/mol. The number of amides is 1. The lowest BCUT2D eigenvalue weighted by atomic mass is 10.1. The number of rotatable bonds is 6. The number of halogens is 3. The number of carbonyl (C=O) groups excluding carboxylic acids is 1. The highest BCUT2D eigenvalue weighted by atomic mass is 19.4. The summed E-state index contributed by atoms with van der Waals surface area (Å²) in [6.07, 6.45) is -3.07. The number of amidine groups is 1. The predicted octanol–water partition coefficient (Wildman–Crippen LogP) is 4.26. The Kier molecular flexibility index (Phi) is 6.24. The number of methoxy groups -OCH3 is 1. The average molecular weight is 420 g/mol. The maximum atomic E-state index is 12.1. The zero-order chi connectivity index (χ0) is 21.7. The Bertz CT molecular complexity index is 928. The fraction of sp³-hybridized carbons (Fsp3) is 0.250. The molecule has 2 atom stereocenters. The van der Waals surface area contributed by atoms with Crippen LogP contribution in [0.5, 0.6) is 5.75 Å². The fourth-order valence-corrected chi connectivity index (χ4v) is 2.82. The molecule has 0 aromatic heterocycles. The summed E-state index contributed by atoms with van der Waals surface area (Å²) in [5, 5.41) is 13.6. The highest BCUT2D eigenvalue weighted by Gasteiger charge is 2.39. The molecule has 0 heterocycles. The molecule has 0 saturated heterocycles. The van der Waals surface area contributed by atoms with E-state index < -0.39 is 12.5 Å². The van der Waals surface area contributed by atoms with Crippen LogP contribution in [0.1, 0.15) is 23.5 Å². The second kappa shape index (κ2) is 8.85. The van der Waals surface area contributed by atoms with Crippen molar-refractivity contribution >= 4 is 24.0 Å². The molecular formula is C20H19F3N4O3. The van der Waals surface area contributed by atoms with Crippen LogP contribution in [0.2, 0.25) is 0 Å². The zero-order valence-electron chi connectivity index (χ0n) is 15.9. The van der Waals surface area contributed by atoms with Gasteiger partial charge in [0.05, 0.1) is 13.4 Å². The lowest BCUT2D eigenvalue weighted by Crippen LogP contribution is -2.26. The maximum absolute atomic E-state index is 12.1. The summed E-state index contributed by atoms with van der Waals surface area (Å²) < 4.78 is 44.8. The van der Waals surface area contributed by atoms with Crippen LogP contribution in [0.15, 0.2) is 53.5 Å². The molecule has 1 aliphatic rings. The van der Waals surface area contributed by atoms with E-state index in [-0.39, 0.29) is 23.5 Å². The SMILES string of the molecule is COC(=O)NC1CC1c1ccc(C(=N)/N=C\Nc2ccc(OC(F)(F)F)cc2)cc1. The largest absolute Gasteiger partial charge is 0.573 e. The van der Waals surface area contributed by atoms with Crippen molar-refractivity contribution in [3.63, 3.8) is 0 Å². The number of nitrogens with zero attached hydrogens (tertiary/aromatic N) is 1. The summed E-state index contributed by atoms with van der Waals surface area (Å²) in [6, 6.07) is 12.5. The molecule has 7 nitrogen and oxygen atoms in total. The van der Waals surface area contributed by atoms with Crippen molar-refractivity contribution in [3.8, 4) is 5.75 Å². The second-order valence-electron chi connectivity index (χ2n) is 6.53. The van der Waals surface area contributed by atoms with Gasteiger partial charge in [-0.15, -0.1) is 13.2 Å². The first-order valence-corrected chi connectivity index (χ1v) is 8.93. The third kappa shape index (κ3) is 5.97. The van der Waals surface area contributed by atoms with E-state index in [1.165, 1.54) is 37.7 Å². The molecule has 0 radical (unpaired) electrons. The van der Waals surface area contributed by atoms with Gasteiger partial charge < -0.3 is 20.1 Å². The molecule has 0 bridgehead atoms. The highest BCUT2D eigenvalue weighted by molar-refractivity contribution is 6.02. The first-order chi connectivity index (χ1) is 14.2. The third-order valence-corrected chi connectivity index (χ3v) is 4.40. The number of hydrogen-bond donors (Lipinski definition) is 3. The molecule has 2 aromatic rings. The van der Waals surface area contributed by atoms with Crippen LogP contribution in [-0.2, 0) is 4.74 Å². The first-order valence-electron chi connectivity index (χ1n) is 8.93. The number of anilines is 1. The highest BCUT2D eigenvalue weighted by Crippen LogP contribution is 2.40. The molecular weight excluding hydrogens is 401 g/mol. The van der Waals surface area contributed by atoms with Gasteiger partial charge in [0.25, 0.3) is 0 Å². The van der Waals surface area contributed by atoms with Crippen LogP contribution >= 0.6 is 0 Å². The third-order valence-electron chi connectivity index (χ3n) is 4.40. The molecule has 2 unspecified atom stereocenters. The predicted molar refractivity (Wildman–Crippen MR) is 105 cm³/mol. The molecule has 1 aliphatic carbocycles. The van der Waals surface area contributed by atoms with E-state index in [4.69, 9.17) is 5.41 Å². The van der Waals surface area contributed by atoms with Gasteiger partial charge in [-0.05, 0) is 36.2 Å². The second-order valence-corrected chi connectivity index (χ2v) is 6.53. The van der Waals surface area contributed by atoms with Gasteiger partial charge in [-0.25, -0.2) is 9.79 Å². The van der Waals surface area contributed by atoms with E-state index in [1.54, 1.807) is 12.1 Å². The number of carbonyl (C=O) groups is 1. The number of alkyl carbamates (subject to hydrolysis) is 1. The van der Waals surface area contributed by atoms with E-state index in [2.05, 4.69) is 25.1 Å². The van der Waals surface area contributed by atoms with Gasteiger partial charge in [0.1, 0.15) is 5.75 Å². The Morgan fingerprint density at radius 3 is 2.43 bits per heavy atom. The Hall–Kier alpha value is -3.56. The summed E-state index contributed by atoms with van der Waals surface area (Å²) in [4.78, 5) is 15.2. The molecule has 1 fully saturated rings. The molecule has 1 amide bonds. The minimum Gasteiger partial charge on any atom is -0.453 e. The molecule has 3 rings (SSSR count). The van der Waals surface area contributed by atoms with Crippen molar-refractivity contribution in [1.82, 2.24) is 5.32 Å². The van der Waals surface area contributed by atoms with Gasteiger partial charge in [0, 0.05) is 23.2 Å². The van der Waals surface area contributed by atoms with Gasteiger partial charge in [0.15, 0.2) is 5.84 Å². The van der Waals surface area contributed by atoms with Crippen molar-refractivity contribution in [2.75, 3.05) is 12.4 Å². The lowest BCUT2D eigenvalue weighted by Gasteiger charge is -2.09. The van der Waals surface area contributed by atoms with Crippen molar-refractivity contribution in [1.29, 1.82) is 5.41 Å². The van der Waals surface area contributed by atoms with E-state index in [9.17, 15) is 18.0 Å². The maximum Gasteiger partial charge on any atom is 0.573 e. The normalized spacial score (nSPS) is 18.0. The minimum atomic E-state index is -4.74. The lowest BCUT2D eigenvalue weighted by molar-refractivity contribution is -0.274. The summed E-state index contributed by atoms with van der Waals surface area (Å²) in [5.74, 6) is -0.0783. The van der Waals surface area contributed by atoms with Crippen molar-refractivity contribution in [3.05, 3.63) is 59.7 Å². The Labute approximate surface area is 170 Å². The van der Waals surface area contributed by atoms with E-state index in [0.717, 1.165) is 12.0 Å². The molecule has 30 heavy (non-hydrogen) atoms. The molecule has 0 aliphatic heterocycles. The van der Waals surface area contributed by atoms with Crippen LogP contribution < -0.4 is 15.4 Å². The summed E-state index contributed by atoms with van der Waals surface area (Å²) in [6.45, 7) is 0. The molecule has 1 saturated carbocycles. The van der Waals surface area contributed by atoms with Gasteiger partial charge in [0.2, 0.25) is 0 Å². The van der Waals surface area contributed by atoms with Crippen LogP contribution in [-0.4, -0.2) is 37.8 Å². The summed E-state index contributed by atoms with van der Waals surface area (Å²) in [5.41, 5.74) is 2.15. The fourth-order valence-electron chi connectivity index (χ4n) is 2.82. The number of ether oxygens (including phenoxy) is 2. The van der Waals surface area contributed by atoms with Gasteiger partial charge >= 0.3 is 12.5 Å². The number of hydrogen-bond acceptors (Lipinski definition) is 4. The number of benzene rings is 2. The molecule has 2 aromatic carbocycles. The molecule has 3 N–H and O–H groups in total. The summed E-state index contributed by atoms with van der Waals surface area (Å²) in [7, 11) is 1.32. The topological polar surface area (TPSA) is 95.8 Å². The average Bonchev–Trinajstić information content (AvgIpc) is 3.47. The standard InChI is InChI=1S/C20H19F3N4O3/c1-29-19(28)27-17-10-16(17)12-2-4-13(5-3-12)18(24)26-11-25-14-6-8-15(9-7-14)30-20(21,22)23/h2-9,11,16-17H,10H2,1H3,(H,27,28)(H2,24,25,26). The van der Waals surface area contributed by atoms with Crippen LogP contribution in [0.25, 0.3) is 0 Å². The number of aliphatic imine (C=N–C) groups is 1. The van der Waals surface area contributed by atoms with Crippen LogP contribution in [0, 0.1) is 5.41 Å². The van der Waals surface area contributed by atoms with Crippen molar-refractivity contribution in [2.45, 2.75) is 24.7 Å². The van der Waals surface area contributed by atoms with E-state index in [1.807, 2.05) is 12.1 Å². The Balaban J connectivity index is 1.50. The number of nitrogens with one attached hydrogen (secondary N) is 3. The van der Waals surface area contributed by atoms with E-state index >= 15 is 0 Å². The Morgan fingerprint density at radius 1 is 1.17 bits per heavy atom. The molecule has 0 spiro atoms. The van der Waals surface area contributed by atoms with Crippen molar-refractivity contribution < 1.29 is 27.4 Å². The first kappa shape index (κ1) is 21.2. The minimum absolute atomic E-state index is 0.0195. The van der Waals surface area contributed by atoms with Crippen molar-refractivity contribution in [2.24, 2.45) is 4.99 Å².